The average molecular weight is 306 g/mol. The van der Waals surface area contributed by atoms with Crippen LogP contribution in [0.3, 0.4) is 0 Å². The van der Waals surface area contributed by atoms with E-state index in [1.54, 1.807) is 6.20 Å². The Bertz CT molecular complexity index is 533. The van der Waals surface area contributed by atoms with Crippen molar-refractivity contribution in [3.8, 4) is 0 Å². The zero-order valence-corrected chi connectivity index (χ0v) is 14.5. The van der Waals surface area contributed by atoms with E-state index >= 15 is 0 Å². The first-order chi connectivity index (χ1) is 10.1. The van der Waals surface area contributed by atoms with E-state index in [0.29, 0.717) is 11.4 Å². The number of aromatic nitrogens is 2. The summed E-state index contributed by atoms with van der Waals surface area (Å²) in [6.07, 6.45) is 5.66. The van der Waals surface area contributed by atoms with Crippen molar-refractivity contribution < 1.29 is 14.4 Å². The van der Waals surface area contributed by atoms with Gasteiger partial charge in [0.15, 0.2) is 0 Å². The summed E-state index contributed by atoms with van der Waals surface area (Å²) in [7, 11) is -0.525. The van der Waals surface area contributed by atoms with Crippen LogP contribution in [0.25, 0.3) is 6.08 Å². The van der Waals surface area contributed by atoms with Gasteiger partial charge in [0.1, 0.15) is 0 Å². The second-order valence-corrected chi connectivity index (χ2v) is 7.36. The average Bonchev–Trinajstić information content (AvgIpc) is 2.88. The van der Waals surface area contributed by atoms with Crippen LogP contribution in [0, 0.1) is 5.92 Å². The lowest BCUT2D eigenvalue weighted by Gasteiger charge is -2.32. The zero-order chi connectivity index (χ0) is 16.5. The summed E-state index contributed by atoms with van der Waals surface area (Å²) in [5, 5.41) is 14.0. The number of rotatable bonds is 5. The van der Waals surface area contributed by atoms with E-state index in [1.165, 1.54) is 0 Å². The first-order valence-electron chi connectivity index (χ1n) is 7.84. The van der Waals surface area contributed by atoms with Crippen LogP contribution in [0.15, 0.2) is 17.9 Å². The summed E-state index contributed by atoms with van der Waals surface area (Å²) < 4.78 is 13.9. The van der Waals surface area contributed by atoms with Crippen molar-refractivity contribution in [1.29, 1.82) is 0 Å². The summed E-state index contributed by atoms with van der Waals surface area (Å²) in [6.45, 7) is 13.1. The van der Waals surface area contributed by atoms with E-state index in [1.807, 2.05) is 44.6 Å². The van der Waals surface area contributed by atoms with Gasteiger partial charge in [-0.25, -0.2) is 0 Å². The lowest BCUT2D eigenvalue weighted by atomic mass is 9.78. The molecule has 1 aromatic rings. The van der Waals surface area contributed by atoms with Crippen LogP contribution < -0.4 is 0 Å². The van der Waals surface area contributed by atoms with Gasteiger partial charge in [-0.1, -0.05) is 19.9 Å². The molecule has 2 rings (SSSR count). The van der Waals surface area contributed by atoms with Gasteiger partial charge in [0.2, 0.25) is 0 Å². The molecule has 0 aliphatic carbocycles. The predicted octanol–water partition coefficient (Wildman–Crippen LogP) is 2.55. The number of hydrogen-bond acceptors (Lipinski definition) is 4. The van der Waals surface area contributed by atoms with E-state index in [2.05, 4.69) is 18.9 Å². The Hall–Kier alpha value is -1.11. The highest BCUT2D eigenvalue weighted by atomic mass is 16.7. The minimum atomic E-state index is -0.525. The maximum atomic E-state index is 9.68. The Morgan fingerprint density at radius 1 is 1.32 bits per heavy atom. The van der Waals surface area contributed by atoms with Crippen LogP contribution in [0.5, 0.6) is 0 Å². The van der Waals surface area contributed by atoms with E-state index in [9.17, 15) is 5.11 Å². The van der Waals surface area contributed by atoms with Crippen molar-refractivity contribution in [2.45, 2.75) is 59.3 Å². The van der Waals surface area contributed by atoms with E-state index in [4.69, 9.17) is 9.31 Å². The molecule has 22 heavy (non-hydrogen) atoms. The van der Waals surface area contributed by atoms with Crippen molar-refractivity contribution in [2.75, 3.05) is 6.61 Å². The second kappa shape index (κ2) is 6.18. The maximum absolute atomic E-state index is 9.68. The van der Waals surface area contributed by atoms with Crippen LogP contribution in [0.1, 0.15) is 47.1 Å². The van der Waals surface area contributed by atoms with Gasteiger partial charge in [0.25, 0.3) is 0 Å². The number of nitrogens with zero attached hydrogens (tertiary/aromatic N) is 2. The van der Waals surface area contributed by atoms with Crippen molar-refractivity contribution in [2.24, 2.45) is 5.92 Å². The first kappa shape index (κ1) is 17.3. The maximum Gasteiger partial charge on any atom is 0.492 e. The smallest absolute Gasteiger partial charge is 0.400 e. The predicted molar refractivity (Wildman–Crippen MR) is 88.2 cm³/mol. The molecule has 1 fully saturated rings. The topological polar surface area (TPSA) is 56.5 Å². The van der Waals surface area contributed by atoms with Gasteiger partial charge in [-0.05, 0) is 39.1 Å². The molecule has 5 nitrogen and oxygen atoms in total. The molecule has 6 heteroatoms. The molecule has 0 radical (unpaired) electrons. The minimum Gasteiger partial charge on any atom is -0.400 e. The molecule has 1 aliphatic rings. The van der Waals surface area contributed by atoms with Crippen LogP contribution in [0.2, 0.25) is 0 Å². The standard InChI is InChI=1S/C16H27BN2O3/c1-12(2)9-19-10-13(8-18-19)7-14(11-20)17-21-15(3,4)16(5,6)22-17/h7-8,10,12,20H,9,11H2,1-6H3. The molecule has 1 saturated heterocycles. The largest absolute Gasteiger partial charge is 0.492 e. The Morgan fingerprint density at radius 3 is 2.41 bits per heavy atom. The molecule has 122 valence electrons. The third kappa shape index (κ3) is 3.62. The summed E-state index contributed by atoms with van der Waals surface area (Å²) in [5.41, 5.74) is 0.837. The highest BCUT2D eigenvalue weighted by Crippen LogP contribution is 2.38. The highest BCUT2D eigenvalue weighted by molar-refractivity contribution is 6.55. The number of aliphatic hydroxyl groups excluding tert-OH is 1. The summed E-state index contributed by atoms with van der Waals surface area (Å²) in [4.78, 5) is 0. The molecule has 2 heterocycles. The molecular formula is C16H27BN2O3. The van der Waals surface area contributed by atoms with E-state index in [0.717, 1.165) is 12.1 Å². The molecule has 0 bridgehead atoms. The van der Waals surface area contributed by atoms with E-state index < -0.39 is 18.3 Å². The Morgan fingerprint density at radius 2 is 1.91 bits per heavy atom. The minimum absolute atomic E-state index is 0.105. The molecule has 1 N–H and O–H groups in total. The molecule has 0 atom stereocenters. The fourth-order valence-electron chi connectivity index (χ4n) is 2.32. The SMILES string of the molecule is CC(C)Cn1cc(C=C(CO)B2OC(C)(C)C(C)(C)O2)cn1. The summed E-state index contributed by atoms with van der Waals surface area (Å²) in [6, 6.07) is 0. The van der Waals surface area contributed by atoms with Crippen molar-refractivity contribution >= 4 is 13.2 Å². The number of aliphatic hydroxyl groups is 1. The molecule has 1 aromatic heterocycles. The summed E-state index contributed by atoms with van der Waals surface area (Å²) >= 11 is 0. The van der Waals surface area contributed by atoms with Gasteiger partial charge >= 0.3 is 7.12 Å². The lowest BCUT2D eigenvalue weighted by Crippen LogP contribution is -2.41. The Labute approximate surface area is 133 Å². The van der Waals surface area contributed by atoms with Crippen LogP contribution in [-0.4, -0.2) is 39.8 Å². The van der Waals surface area contributed by atoms with E-state index in [-0.39, 0.29) is 6.61 Å². The second-order valence-electron chi connectivity index (χ2n) is 7.36. The van der Waals surface area contributed by atoms with Gasteiger partial charge in [-0.2, -0.15) is 5.10 Å². The van der Waals surface area contributed by atoms with Gasteiger partial charge in [-0.15, -0.1) is 0 Å². The zero-order valence-electron chi connectivity index (χ0n) is 14.5. The Balaban J connectivity index is 2.17. The van der Waals surface area contributed by atoms with Gasteiger partial charge in [0, 0.05) is 18.3 Å². The lowest BCUT2D eigenvalue weighted by molar-refractivity contribution is 0.00578. The molecule has 0 spiro atoms. The molecule has 0 amide bonds. The monoisotopic (exact) mass is 306 g/mol. The van der Waals surface area contributed by atoms with Crippen LogP contribution in [-0.2, 0) is 15.9 Å². The first-order valence-corrected chi connectivity index (χ1v) is 7.84. The van der Waals surface area contributed by atoms with Crippen LogP contribution in [0.4, 0.5) is 0 Å². The van der Waals surface area contributed by atoms with Crippen molar-refractivity contribution in [3.05, 3.63) is 23.4 Å². The number of hydrogen-bond donors (Lipinski definition) is 1. The summed E-state index contributed by atoms with van der Waals surface area (Å²) in [5.74, 6) is 0.539. The molecule has 0 saturated carbocycles. The molecule has 0 unspecified atom stereocenters. The molecule has 0 aromatic carbocycles. The van der Waals surface area contributed by atoms with Gasteiger partial charge in [-0.3, -0.25) is 4.68 Å². The molecular weight excluding hydrogens is 279 g/mol. The Kier molecular flexibility index (Phi) is 4.85. The fraction of sp³-hybridized carbons (Fsp3) is 0.688. The fourth-order valence-corrected chi connectivity index (χ4v) is 2.32. The third-order valence-corrected chi connectivity index (χ3v) is 4.30. The quantitative estimate of drug-likeness (QED) is 0.849. The van der Waals surface area contributed by atoms with Gasteiger partial charge < -0.3 is 14.4 Å². The van der Waals surface area contributed by atoms with Crippen molar-refractivity contribution in [1.82, 2.24) is 9.78 Å². The van der Waals surface area contributed by atoms with Crippen molar-refractivity contribution in [3.63, 3.8) is 0 Å². The third-order valence-electron chi connectivity index (χ3n) is 4.30. The molecule has 1 aliphatic heterocycles. The van der Waals surface area contributed by atoms with Crippen LogP contribution >= 0.6 is 0 Å². The highest BCUT2D eigenvalue weighted by Gasteiger charge is 2.52. The normalized spacial score (nSPS) is 20.9. The van der Waals surface area contributed by atoms with Gasteiger partial charge in [0.05, 0.1) is 24.0 Å².